The molecule has 0 aliphatic rings. The van der Waals surface area contributed by atoms with E-state index in [2.05, 4.69) is 21.2 Å². The van der Waals surface area contributed by atoms with Gasteiger partial charge in [0.2, 0.25) is 5.28 Å². The second-order valence-corrected chi connectivity index (χ2v) is 3.32. The Labute approximate surface area is 92.9 Å². The molecule has 0 spiro atoms. The minimum Gasteiger partial charge on any atom is -0.369 e. The van der Waals surface area contributed by atoms with Crippen LogP contribution in [0.3, 0.4) is 0 Å². The Morgan fingerprint density at radius 1 is 1.50 bits per heavy atom. The fourth-order valence-electron chi connectivity index (χ4n) is 0.867. The van der Waals surface area contributed by atoms with Crippen molar-refractivity contribution in [1.82, 2.24) is 9.97 Å². The Bertz CT molecular complexity index is 346. The van der Waals surface area contributed by atoms with E-state index >= 15 is 0 Å². The van der Waals surface area contributed by atoms with E-state index in [0.29, 0.717) is 10.8 Å². The van der Waals surface area contributed by atoms with Gasteiger partial charge in [-0.15, -0.1) is 12.3 Å². The number of nitrogens with one attached hydrogen (secondary N) is 1. The molecule has 1 heterocycles. The lowest BCUT2D eigenvalue weighted by Gasteiger charge is -2.05. The van der Waals surface area contributed by atoms with Crippen molar-refractivity contribution in [2.45, 2.75) is 12.8 Å². The predicted octanol–water partition coefficient (Wildman–Crippen LogP) is 2.61. The monoisotopic (exact) mass is 229 g/mol. The standard InChI is InChI=1S/C9H9Cl2N3/c1-2-3-4-5-12-8-7(10)6-13-9(11)14-8/h1,6H,3-5H2,(H,12,13,14). The maximum Gasteiger partial charge on any atom is 0.224 e. The molecule has 0 atom stereocenters. The number of hydrogen-bond donors (Lipinski definition) is 1. The Hall–Kier alpha value is -0.980. The fraction of sp³-hybridized carbons (Fsp3) is 0.333. The first kappa shape index (κ1) is 11.1. The SMILES string of the molecule is C#CCCCNc1nc(Cl)ncc1Cl. The van der Waals surface area contributed by atoms with Gasteiger partial charge in [0.1, 0.15) is 10.8 Å². The van der Waals surface area contributed by atoms with Crippen molar-refractivity contribution in [1.29, 1.82) is 0 Å². The zero-order valence-electron chi connectivity index (χ0n) is 7.43. The molecule has 1 N–H and O–H groups in total. The minimum absolute atomic E-state index is 0.175. The highest BCUT2D eigenvalue weighted by molar-refractivity contribution is 6.33. The second kappa shape index (κ2) is 5.69. The Kier molecular flexibility index (Phi) is 4.51. The molecule has 0 aliphatic heterocycles. The highest BCUT2D eigenvalue weighted by atomic mass is 35.5. The predicted molar refractivity (Wildman–Crippen MR) is 58.6 cm³/mol. The highest BCUT2D eigenvalue weighted by Crippen LogP contribution is 2.19. The molecular formula is C9H9Cl2N3. The number of hydrogen-bond acceptors (Lipinski definition) is 3. The molecule has 1 aromatic heterocycles. The van der Waals surface area contributed by atoms with E-state index in [1.165, 1.54) is 6.20 Å². The number of terminal acetylenes is 1. The maximum absolute atomic E-state index is 5.82. The van der Waals surface area contributed by atoms with Crippen LogP contribution in [0.25, 0.3) is 0 Å². The topological polar surface area (TPSA) is 37.8 Å². The summed E-state index contributed by atoms with van der Waals surface area (Å²) in [5.74, 6) is 3.09. The van der Waals surface area contributed by atoms with Crippen LogP contribution in [0.5, 0.6) is 0 Å². The van der Waals surface area contributed by atoms with Gasteiger partial charge in [0.15, 0.2) is 0 Å². The third-order valence-electron chi connectivity index (χ3n) is 1.51. The minimum atomic E-state index is 0.175. The van der Waals surface area contributed by atoms with Crippen molar-refractivity contribution in [3.63, 3.8) is 0 Å². The van der Waals surface area contributed by atoms with Gasteiger partial charge in [0.05, 0.1) is 6.20 Å². The first-order valence-corrected chi connectivity index (χ1v) is 4.85. The maximum atomic E-state index is 5.82. The van der Waals surface area contributed by atoms with Gasteiger partial charge in [0, 0.05) is 13.0 Å². The summed E-state index contributed by atoms with van der Waals surface area (Å²) in [7, 11) is 0. The van der Waals surface area contributed by atoms with Crippen molar-refractivity contribution in [3.05, 3.63) is 16.5 Å². The van der Waals surface area contributed by atoms with Crippen LogP contribution in [0.1, 0.15) is 12.8 Å². The molecule has 3 nitrogen and oxygen atoms in total. The quantitative estimate of drug-likeness (QED) is 0.490. The average Bonchev–Trinajstić information content (AvgIpc) is 2.18. The lowest BCUT2D eigenvalue weighted by Crippen LogP contribution is -2.04. The highest BCUT2D eigenvalue weighted by Gasteiger charge is 2.02. The molecule has 0 bridgehead atoms. The summed E-state index contributed by atoms with van der Waals surface area (Å²) in [5, 5.41) is 3.65. The normalized spacial score (nSPS) is 9.50. The molecule has 0 saturated heterocycles. The molecule has 74 valence electrons. The summed E-state index contributed by atoms with van der Waals surface area (Å²) in [6, 6.07) is 0. The van der Waals surface area contributed by atoms with Crippen molar-refractivity contribution in [3.8, 4) is 12.3 Å². The van der Waals surface area contributed by atoms with E-state index in [1.807, 2.05) is 0 Å². The van der Waals surface area contributed by atoms with Gasteiger partial charge in [-0.1, -0.05) is 11.6 Å². The number of halogens is 2. The Morgan fingerprint density at radius 3 is 3.00 bits per heavy atom. The van der Waals surface area contributed by atoms with Gasteiger partial charge in [-0.25, -0.2) is 4.98 Å². The molecule has 0 fully saturated rings. The summed E-state index contributed by atoms with van der Waals surface area (Å²) in [6.07, 6.45) is 8.17. The van der Waals surface area contributed by atoms with E-state index in [9.17, 15) is 0 Å². The third kappa shape index (κ3) is 3.41. The van der Waals surface area contributed by atoms with Crippen molar-refractivity contribution in [2.75, 3.05) is 11.9 Å². The molecule has 0 aromatic carbocycles. The van der Waals surface area contributed by atoms with Crippen LogP contribution >= 0.6 is 23.2 Å². The fourth-order valence-corrected chi connectivity index (χ4v) is 1.16. The van der Waals surface area contributed by atoms with E-state index in [-0.39, 0.29) is 5.28 Å². The van der Waals surface area contributed by atoms with Crippen LogP contribution in [0.4, 0.5) is 5.82 Å². The lowest BCUT2D eigenvalue weighted by molar-refractivity contribution is 0.899. The number of anilines is 1. The molecule has 0 amide bonds. The van der Waals surface area contributed by atoms with Crippen molar-refractivity contribution in [2.24, 2.45) is 0 Å². The molecule has 0 radical (unpaired) electrons. The first-order valence-electron chi connectivity index (χ1n) is 4.09. The zero-order chi connectivity index (χ0) is 10.4. The average molecular weight is 230 g/mol. The number of nitrogens with zero attached hydrogens (tertiary/aromatic N) is 2. The Morgan fingerprint density at radius 2 is 2.29 bits per heavy atom. The molecule has 5 heteroatoms. The van der Waals surface area contributed by atoms with Crippen molar-refractivity contribution >= 4 is 29.0 Å². The summed E-state index contributed by atoms with van der Waals surface area (Å²) >= 11 is 11.4. The van der Waals surface area contributed by atoms with E-state index in [0.717, 1.165) is 19.4 Å². The van der Waals surface area contributed by atoms with Gasteiger partial charge in [-0.2, -0.15) is 4.98 Å². The molecule has 1 rings (SSSR count). The molecule has 0 saturated carbocycles. The molecule has 0 aliphatic carbocycles. The van der Waals surface area contributed by atoms with E-state index in [4.69, 9.17) is 29.6 Å². The molecule has 1 aromatic rings. The molecule has 0 unspecified atom stereocenters. The van der Waals surface area contributed by atoms with Gasteiger partial charge in [-0.05, 0) is 18.0 Å². The summed E-state index contributed by atoms with van der Waals surface area (Å²) in [6.45, 7) is 0.720. The third-order valence-corrected chi connectivity index (χ3v) is 1.96. The molecule has 14 heavy (non-hydrogen) atoms. The molecular weight excluding hydrogens is 221 g/mol. The number of rotatable bonds is 4. The first-order chi connectivity index (χ1) is 6.74. The van der Waals surface area contributed by atoms with E-state index < -0.39 is 0 Å². The number of unbranched alkanes of at least 4 members (excludes halogenated alkanes) is 1. The largest absolute Gasteiger partial charge is 0.369 e. The van der Waals surface area contributed by atoms with E-state index in [1.54, 1.807) is 0 Å². The zero-order valence-corrected chi connectivity index (χ0v) is 8.94. The van der Waals surface area contributed by atoms with Crippen LogP contribution in [-0.2, 0) is 0 Å². The van der Waals surface area contributed by atoms with Gasteiger partial charge in [0.25, 0.3) is 0 Å². The van der Waals surface area contributed by atoms with Crippen LogP contribution in [-0.4, -0.2) is 16.5 Å². The lowest BCUT2D eigenvalue weighted by atomic mass is 10.3. The van der Waals surface area contributed by atoms with Gasteiger partial charge < -0.3 is 5.32 Å². The van der Waals surface area contributed by atoms with Gasteiger partial charge >= 0.3 is 0 Å². The number of aromatic nitrogens is 2. The van der Waals surface area contributed by atoms with Crippen LogP contribution in [0.15, 0.2) is 6.20 Å². The second-order valence-electron chi connectivity index (χ2n) is 2.57. The summed E-state index contributed by atoms with van der Waals surface area (Å²) in [5.41, 5.74) is 0. The van der Waals surface area contributed by atoms with Crippen LogP contribution in [0.2, 0.25) is 10.3 Å². The smallest absolute Gasteiger partial charge is 0.224 e. The summed E-state index contributed by atoms with van der Waals surface area (Å²) in [4.78, 5) is 7.66. The Balaban J connectivity index is 2.50. The van der Waals surface area contributed by atoms with Crippen LogP contribution < -0.4 is 5.32 Å². The van der Waals surface area contributed by atoms with Gasteiger partial charge in [-0.3, -0.25) is 0 Å². The van der Waals surface area contributed by atoms with Crippen molar-refractivity contribution < 1.29 is 0 Å². The summed E-state index contributed by atoms with van der Waals surface area (Å²) < 4.78 is 0. The van der Waals surface area contributed by atoms with Crippen LogP contribution in [0, 0.1) is 12.3 Å².